The molecular formula is C14H21N3O2. The number of hydrazine groups is 1. The second-order valence-corrected chi connectivity index (χ2v) is 5.05. The molecule has 0 aromatic heterocycles. The van der Waals surface area contributed by atoms with Crippen LogP contribution in [-0.2, 0) is 4.79 Å². The van der Waals surface area contributed by atoms with Gasteiger partial charge in [0.25, 0.3) is 0 Å². The van der Waals surface area contributed by atoms with Gasteiger partial charge in [-0.15, -0.1) is 0 Å². The second kappa shape index (κ2) is 6.14. The van der Waals surface area contributed by atoms with Gasteiger partial charge in [-0.25, -0.2) is 10.4 Å². The fourth-order valence-corrected chi connectivity index (χ4v) is 2.29. The van der Waals surface area contributed by atoms with E-state index in [1.165, 1.54) is 0 Å². The number of carboxylic acid groups (broad SMARTS) is 1. The van der Waals surface area contributed by atoms with Crippen molar-refractivity contribution in [2.45, 2.75) is 13.0 Å². The Morgan fingerprint density at radius 1 is 1.26 bits per heavy atom. The number of aliphatic carboxylic acids is 1. The van der Waals surface area contributed by atoms with Crippen LogP contribution in [0.1, 0.15) is 17.2 Å². The van der Waals surface area contributed by atoms with Crippen molar-refractivity contribution < 1.29 is 9.90 Å². The first-order chi connectivity index (χ1) is 9.08. The molecule has 0 bridgehead atoms. The van der Waals surface area contributed by atoms with Gasteiger partial charge in [0, 0.05) is 26.2 Å². The van der Waals surface area contributed by atoms with Crippen LogP contribution in [0.3, 0.4) is 0 Å². The van der Waals surface area contributed by atoms with Gasteiger partial charge in [0.2, 0.25) is 0 Å². The first-order valence-corrected chi connectivity index (χ1v) is 6.56. The summed E-state index contributed by atoms with van der Waals surface area (Å²) in [6, 6.07) is 6.94. The van der Waals surface area contributed by atoms with Crippen LogP contribution >= 0.6 is 0 Å². The van der Waals surface area contributed by atoms with Crippen LogP contribution in [-0.4, -0.2) is 54.2 Å². The molecule has 2 rings (SSSR count). The fraction of sp³-hybridized carbons (Fsp3) is 0.500. The zero-order valence-corrected chi connectivity index (χ0v) is 11.5. The molecule has 0 aliphatic carbocycles. The zero-order valence-electron chi connectivity index (χ0n) is 11.5. The van der Waals surface area contributed by atoms with Crippen LogP contribution < -0.4 is 5.43 Å². The molecule has 1 saturated heterocycles. The van der Waals surface area contributed by atoms with Gasteiger partial charge in [0.15, 0.2) is 0 Å². The molecule has 1 atom stereocenters. The highest BCUT2D eigenvalue weighted by Crippen LogP contribution is 2.18. The maximum atomic E-state index is 11.5. The van der Waals surface area contributed by atoms with E-state index in [0.717, 1.165) is 37.3 Å². The summed E-state index contributed by atoms with van der Waals surface area (Å²) in [6.07, 6.45) is 0. The molecule has 0 spiro atoms. The molecule has 5 heteroatoms. The van der Waals surface area contributed by atoms with Crippen molar-refractivity contribution in [2.75, 3.05) is 33.2 Å². The molecular weight excluding hydrogens is 242 g/mol. The maximum Gasteiger partial charge on any atom is 0.326 e. The lowest BCUT2D eigenvalue weighted by Gasteiger charge is -2.34. The summed E-state index contributed by atoms with van der Waals surface area (Å²) in [5, 5.41) is 11.4. The van der Waals surface area contributed by atoms with Gasteiger partial charge in [0.05, 0.1) is 0 Å². The normalized spacial score (nSPS) is 19.3. The first-order valence-electron chi connectivity index (χ1n) is 6.56. The van der Waals surface area contributed by atoms with Crippen LogP contribution in [0.25, 0.3) is 0 Å². The highest BCUT2D eigenvalue weighted by Gasteiger charge is 2.25. The van der Waals surface area contributed by atoms with Gasteiger partial charge in [-0.2, -0.15) is 0 Å². The molecule has 1 unspecified atom stereocenters. The van der Waals surface area contributed by atoms with E-state index in [-0.39, 0.29) is 0 Å². The van der Waals surface area contributed by atoms with Crippen molar-refractivity contribution in [3.05, 3.63) is 35.4 Å². The minimum Gasteiger partial charge on any atom is -0.480 e. The van der Waals surface area contributed by atoms with Gasteiger partial charge < -0.3 is 10.0 Å². The third kappa shape index (κ3) is 3.53. The van der Waals surface area contributed by atoms with Crippen LogP contribution in [0.4, 0.5) is 0 Å². The molecule has 1 aromatic rings. The molecule has 0 saturated carbocycles. The summed E-state index contributed by atoms with van der Waals surface area (Å²) < 4.78 is 0. The molecule has 0 amide bonds. The Morgan fingerprint density at radius 3 is 2.47 bits per heavy atom. The number of rotatable bonds is 4. The van der Waals surface area contributed by atoms with Crippen molar-refractivity contribution >= 4 is 5.97 Å². The molecule has 1 aliphatic rings. The van der Waals surface area contributed by atoms with Crippen molar-refractivity contribution in [1.82, 2.24) is 15.3 Å². The largest absolute Gasteiger partial charge is 0.480 e. The predicted octanol–water partition coefficient (Wildman–Crippen LogP) is 0.873. The molecule has 19 heavy (non-hydrogen) atoms. The lowest BCUT2D eigenvalue weighted by molar-refractivity contribution is -0.141. The van der Waals surface area contributed by atoms with E-state index in [4.69, 9.17) is 0 Å². The highest BCUT2D eigenvalue weighted by atomic mass is 16.4. The van der Waals surface area contributed by atoms with Crippen molar-refractivity contribution in [1.29, 1.82) is 0 Å². The third-order valence-corrected chi connectivity index (χ3v) is 3.56. The average Bonchev–Trinajstić information content (AvgIpc) is 2.39. The van der Waals surface area contributed by atoms with Gasteiger partial charge in [-0.05, 0) is 25.1 Å². The summed E-state index contributed by atoms with van der Waals surface area (Å²) in [7, 11) is 2.08. The first kappa shape index (κ1) is 14.0. The number of nitrogens with one attached hydrogen (secondary N) is 1. The van der Waals surface area contributed by atoms with E-state index < -0.39 is 12.0 Å². The van der Waals surface area contributed by atoms with Gasteiger partial charge >= 0.3 is 5.97 Å². The number of hydrogen-bond donors (Lipinski definition) is 2. The minimum absolute atomic E-state index is 0.676. The number of hydrogen-bond acceptors (Lipinski definition) is 4. The molecule has 104 valence electrons. The van der Waals surface area contributed by atoms with E-state index in [0.29, 0.717) is 0 Å². The molecule has 1 fully saturated rings. The van der Waals surface area contributed by atoms with E-state index in [1.54, 1.807) is 0 Å². The van der Waals surface area contributed by atoms with Gasteiger partial charge in [-0.1, -0.05) is 24.3 Å². The topological polar surface area (TPSA) is 55.8 Å². The summed E-state index contributed by atoms with van der Waals surface area (Å²) in [4.78, 5) is 13.7. The number of likely N-dealkylation sites (N-methyl/N-ethyl adjacent to an activating group) is 1. The third-order valence-electron chi connectivity index (χ3n) is 3.56. The van der Waals surface area contributed by atoms with E-state index in [2.05, 4.69) is 17.4 Å². The number of carboxylic acids is 1. The lowest BCUT2D eigenvalue weighted by Crippen LogP contribution is -2.52. The highest BCUT2D eigenvalue weighted by molar-refractivity contribution is 5.76. The Morgan fingerprint density at radius 2 is 1.89 bits per heavy atom. The number of aryl methyl sites for hydroxylation is 1. The molecule has 0 radical (unpaired) electrons. The Balaban J connectivity index is 2.09. The van der Waals surface area contributed by atoms with Crippen LogP contribution in [0.5, 0.6) is 0 Å². The van der Waals surface area contributed by atoms with Gasteiger partial charge in [-0.3, -0.25) is 4.79 Å². The summed E-state index contributed by atoms with van der Waals surface area (Å²) in [6.45, 7) is 5.52. The average molecular weight is 263 g/mol. The van der Waals surface area contributed by atoms with Gasteiger partial charge in [0.1, 0.15) is 6.04 Å². The molecule has 2 N–H and O–H groups in total. The van der Waals surface area contributed by atoms with E-state index in [1.807, 2.05) is 36.2 Å². The summed E-state index contributed by atoms with van der Waals surface area (Å²) in [5.74, 6) is -0.840. The number of benzene rings is 1. The Hall–Kier alpha value is -1.43. The van der Waals surface area contributed by atoms with Crippen molar-refractivity contribution in [3.63, 3.8) is 0 Å². The Bertz CT molecular complexity index is 442. The lowest BCUT2D eigenvalue weighted by atomic mass is 10.0. The molecule has 5 nitrogen and oxygen atoms in total. The molecule has 1 heterocycles. The monoisotopic (exact) mass is 263 g/mol. The summed E-state index contributed by atoms with van der Waals surface area (Å²) in [5.41, 5.74) is 4.96. The van der Waals surface area contributed by atoms with Crippen LogP contribution in [0.15, 0.2) is 24.3 Å². The second-order valence-electron chi connectivity index (χ2n) is 5.05. The fourth-order valence-electron chi connectivity index (χ4n) is 2.29. The summed E-state index contributed by atoms with van der Waals surface area (Å²) >= 11 is 0. The van der Waals surface area contributed by atoms with Crippen molar-refractivity contribution in [2.24, 2.45) is 0 Å². The van der Waals surface area contributed by atoms with Crippen LogP contribution in [0.2, 0.25) is 0 Å². The maximum absolute atomic E-state index is 11.5. The number of nitrogens with zero attached hydrogens (tertiary/aromatic N) is 2. The smallest absolute Gasteiger partial charge is 0.326 e. The SMILES string of the molecule is Cc1ccccc1C(NN1CCN(C)CC1)C(=O)O. The standard InChI is InChI=1S/C14H21N3O2/c1-11-5-3-4-6-12(11)13(14(18)19)15-17-9-7-16(2)8-10-17/h3-6,13,15H,7-10H2,1-2H3,(H,18,19). The molecule has 1 aliphatic heterocycles. The van der Waals surface area contributed by atoms with E-state index >= 15 is 0 Å². The predicted molar refractivity (Wildman–Crippen MR) is 73.8 cm³/mol. The Kier molecular flexibility index (Phi) is 4.52. The quantitative estimate of drug-likeness (QED) is 0.844. The minimum atomic E-state index is -0.840. The van der Waals surface area contributed by atoms with Crippen LogP contribution in [0, 0.1) is 6.92 Å². The van der Waals surface area contributed by atoms with E-state index in [9.17, 15) is 9.90 Å². The Labute approximate surface area is 113 Å². The number of piperazine rings is 1. The van der Waals surface area contributed by atoms with Crippen molar-refractivity contribution in [3.8, 4) is 0 Å². The zero-order chi connectivity index (χ0) is 13.8. The molecule has 1 aromatic carbocycles. The number of carbonyl (C=O) groups is 1.